The van der Waals surface area contributed by atoms with Crippen molar-refractivity contribution in [1.82, 2.24) is 4.90 Å². The van der Waals surface area contributed by atoms with Crippen LogP contribution in [0.2, 0.25) is 0 Å². The van der Waals surface area contributed by atoms with Crippen molar-refractivity contribution in [3.05, 3.63) is 41.2 Å². The second-order valence-corrected chi connectivity index (χ2v) is 8.12. The summed E-state index contributed by atoms with van der Waals surface area (Å²) in [6.45, 7) is 5.32. The Bertz CT molecular complexity index is 764. The highest BCUT2D eigenvalue weighted by molar-refractivity contribution is 5.76. The molecule has 2 atom stereocenters. The molecule has 2 aliphatic heterocycles. The molecule has 2 heterocycles. The van der Waals surface area contributed by atoms with E-state index >= 15 is 0 Å². The molecule has 0 aliphatic carbocycles. The molecule has 1 aromatic rings. The molecule has 2 unspecified atom stereocenters. The molecular formula is C20H23F4NO2. The van der Waals surface area contributed by atoms with E-state index in [9.17, 15) is 22.4 Å². The molecular weight excluding hydrogens is 362 g/mol. The van der Waals surface area contributed by atoms with Gasteiger partial charge in [0.15, 0.2) is 0 Å². The lowest BCUT2D eigenvalue weighted by molar-refractivity contribution is -0.137. The van der Waals surface area contributed by atoms with Crippen molar-refractivity contribution in [3.63, 3.8) is 0 Å². The quantitative estimate of drug-likeness (QED) is 0.573. The first kappa shape index (κ1) is 19.7. The number of fused-ring (bicyclic) bond motifs is 2. The number of nitrogens with zero attached hydrogens (tertiary/aromatic N) is 1. The lowest BCUT2D eigenvalue weighted by atomic mass is 9.82. The molecule has 0 saturated carbocycles. The van der Waals surface area contributed by atoms with Gasteiger partial charge in [-0.1, -0.05) is 6.08 Å². The van der Waals surface area contributed by atoms with Crippen LogP contribution in [0.25, 0.3) is 5.57 Å². The zero-order chi connectivity index (χ0) is 20.0. The molecule has 0 radical (unpaired) electrons. The van der Waals surface area contributed by atoms with Crippen molar-refractivity contribution in [3.8, 4) is 0 Å². The van der Waals surface area contributed by atoms with Crippen LogP contribution in [0.4, 0.5) is 22.4 Å². The van der Waals surface area contributed by atoms with E-state index in [1.54, 1.807) is 31.7 Å². The summed E-state index contributed by atoms with van der Waals surface area (Å²) >= 11 is 0. The number of ether oxygens (including phenoxy) is 1. The van der Waals surface area contributed by atoms with E-state index in [4.69, 9.17) is 4.74 Å². The van der Waals surface area contributed by atoms with Gasteiger partial charge < -0.3 is 4.74 Å². The zero-order valence-electron chi connectivity index (χ0n) is 15.6. The smallest absolute Gasteiger partial charge is 0.416 e. The fraction of sp³-hybridized carbons (Fsp3) is 0.550. The Morgan fingerprint density at radius 1 is 1.19 bits per heavy atom. The largest absolute Gasteiger partial charge is 0.444 e. The van der Waals surface area contributed by atoms with Gasteiger partial charge in [-0.15, -0.1) is 0 Å². The van der Waals surface area contributed by atoms with Crippen LogP contribution in [0, 0.1) is 5.82 Å². The third kappa shape index (κ3) is 4.28. The van der Waals surface area contributed by atoms with Gasteiger partial charge in [-0.3, -0.25) is 4.90 Å². The van der Waals surface area contributed by atoms with Gasteiger partial charge in [-0.05, 0) is 75.8 Å². The summed E-state index contributed by atoms with van der Waals surface area (Å²) in [4.78, 5) is 14.2. The summed E-state index contributed by atoms with van der Waals surface area (Å²) < 4.78 is 59.3. The van der Waals surface area contributed by atoms with Gasteiger partial charge in [0.05, 0.1) is 11.6 Å². The molecule has 3 rings (SSSR count). The number of carbonyl (C=O) groups is 1. The molecule has 2 aliphatic rings. The monoisotopic (exact) mass is 385 g/mol. The molecule has 1 fully saturated rings. The molecule has 3 nitrogen and oxygen atoms in total. The van der Waals surface area contributed by atoms with Gasteiger partial charge >= 0.3 is 12.3 Å². The van der Waals surface area contributed by atoms with Crippen molar-refractivity contribution < 1.29 is 27.1 Å². The van der Waals surface area contributed by atoms with Gasteiger partial charge in [0.2, 0.25) is 0 Å². The highest BCUT2D eigenvalue weighted by Crippen LogP contribution is 2.42. The van der Waals surface area contributed by atoms with E-state index < -0.39 is 29.3 Å². The van der Waals surface area contributed by atoms with E-state index in [2.05, 4.69) is 0 Å². The lowest BCUT2D eigenvalue weighted by Crippen LogP contribution is -2.53. The van der Waals surface area contributed by atoms with Crippen LogP contribution in [0.15, 0.2) is 24.3 Å². The van der Waals surface area contributed by atoms with Crippen LogP contribution in [0.3, 0.4) is 0 Å². The molecule has 0 spiro atoms. The molecule has 7 heteroatoms. The van der Waals surface area contributed by atoms with E-state index in [0.717, 1.165) is 24.6 Å². The molecule has 1 aromatic carbocycles. The fourth-order valence-corrected chi connectivity index (χ4v) is 3.86. The minimum Gasteiger partial charge on any atom is -0.444 e. The number of alkyl halides is 3. The average molecular weight is 385 g/mol. The summed E-state index contributed by atoms with van der Waals surface area (Å²) in [5, 5.41) is 0. The maximum absolute atomic E-state index is 13.7. The van der Waals surface area contributed by atoms with E-state index in [0.29, 0.717) is 18.4 Å². The van der Waals surface area contributed by atoms with Crippen molar-refractivity contribution in [2.24, 2.45) is 0 Å². The second-order valence-electron chi connectivity index (χ2n) is 8.12. The summed E-state index contributed by atoms with van der Waals surface area (Å²) in [6, 6.07) is 1.95. The van der Waals surface area contributed by atoms with Crippen LogP contribution in [-0.4, -0.2) is 28.7 Å². The third-order valence-corrected chi connectivity index (χ3v) is 4.87. The zero-order valence-corrected chi connectivity index (χ0v) is 15.6. The summed E-state index contributed by atoms with van der Waals surface area (Å²) in [6.07, 6.45) is -0.886. The Kier molecular flexibility index (Phi) is 4.99. The number of amides is 1. The Balaban J connectivity index is 1.97. The Morgan fingerprint density at radius 2 is 1.89 bits per heavy atom. The summed E-state index contributed by atoms with van der Waals surface area (Å²) in [7, 11) is 0. The van der Waals surface area contributed by atoms with E-state index in [-0.39, 0.29) is 24.1 Å². The summed E-state index contributed by atoms with van der Waals surface area (Å²) in [5.41, 5.74) is -1.19. The fourth-order valence-electron chi connectivity index (χ4n) is 3.86. The molecule has 148 valence electrons. The molecule has 0 aromatic heterocycles. The number of benzene rings is 1. The maximum atomic E-state index is 13.7. The number of piperidine rings is 1. The number of hydrogen-bond acceptors (Lipinski definition) is 2. The molecule has 1 amide bonds. The number of carbonyl (C=O) groups excluding carboxylic acids is 1. The van der Waals surface area contributed by atoms with E-state index in [1.807, 2.05) is 0 Å². The number of hydrogen-bond donors (Lipinski definition) is 0. The Labute approximate surface area is 156 Å². The van der Waals surface area contributed by atoms with Gasteiger partial charge in [-0.2, -0.15) is 13.2 Å². The van der Waals surface area contributed by atoms with Crippen LogP contribution in [0.1, 0.15) is 57.6 Å². The van der Waals surface area contributed by atoms with Crippen LogP contribution >= 0.6 is 0 Å². The van der Waals surface area contributed by atoms with Crippen LogP contribution < -0.4 is 0 Å². The highest BCUT2D eigenvalue weighted by atomic mass is 19.4. The standard InChI is InChI=1S/C20H23F4NO2/c1-19(2,3)27-18(26)25-14-5-4-6-15(25)10-12(9-14)16-11-13(21)7-8-17(16)20(22,23)24/h7-9,11,14-15H,4-6,10H2,1-3H3. The topological polar surface area (TPSA) is 29.5 Å². The van der Waals surface area contributed by atoms with Crippen LogP contribution in [-0.2, 0) is 10.9 Å². The number of halogens is 4. The Hall–Kier alpha value is -2.05. The minimum atomic E-state index is -4.57. The molecule has 0 N–H and O–H groups in total. The maximum Gasteiger partial charge on any atom is 0.416 e. The average Bonchev–Trinajstić information content (AvgIpc) is 2.50. The van der Waals surface area contributed by atoms with E-state index in [1.165, 1.54) is 0 Å². The second kappa shape index (κ2) is 6.84. The van der Waals surface area contributed by atoms with Crippen LogP contribution in [0.5, 0.6) is 0 Å². The number of rotatable bonds is 1. The van der Waals surface area contributed by atoms with Gasteiger partial charge in [0.25, 0.3) is 0 Å². The van der Waals surface area contributed by atoms with Gasteiger partial charge in [-0.25, -0.2) is 9.18 Å². The predicted molar refractivity (Wildman–Crippen MR) is 93.5 cm³/mol. The first-order valence-electron chi connectivity index (χ1n) is 9.05. The SMILES string of the molecule is CC(C)(C)OC(=O)N1C2C=C(c3cc(F)ccc3C(F)(F)F)CC1CCC2. The summed E-state index contributed by atoms with van der Waals surface area (Å²) in [5.74, 6) is -0.710. The van der Waals surface area contributed by atoms with Gasteiger partial charge in [0.1, 0.15) is 11.4 Å². The predicted octanol–water partition coefficient (Wildman–Crippen LogP) is 5.79. The van der Waals surface area contributed by atoms with Crippen molar-refractivity contribution in [2.45, 2.75) is 70.3 Å². The normalized spacial score (nSPS) is 23.1. The van der Waals surface area contributed by atoms with Gasteiger partial charge in [0, 0.05) is 6.04 Å². The minimum absolute atomic E-state index is 0.136. The third-order valence-electron chi connectivity index (χ3n) is 4.87. The first-order valence-corrected chi connectivity index (χ1v) is 9.05. The molecule has 27 heavy (non-hydrogen) atoms. The first-order chi connectivity index (χ1) is 12.5. The highest BCUT2D eigenvalue weighted by Gasteiger charge is 2.41. The molecule has 2 bridgehead atoms. The van der Waals surface area contributed by atoms with Crippen molar-refractivity contribution in [2.75, 3.05) is 0 Å². The molecule has 1 saturated heterocycles. The van der Waals surface area contributed by atoms with Crippen molar-refractivity contribution >= 4 is 11.7 Å². The lowest BCUT2D eigenvalue weighted by Gasteiger charge is -2.45. The van der Waals surface area contributed by atoms with Crippen molar-refractivity contribution in [1.29, 1.82) is 0 Å². The Morgan fingerprint density at radius 3 is 2.48 bits per heavy atom.